The summed E-state index contributed by atoms with van der Waals surface area (Å²) in [5.74, 6) is -0.689. The van der Waals surface area contributed by atoms with Crippen LogP contribution in [0.4, 0.5) is 5.82 Å². The summed E-state index contributed by atoms with van der Waals surface area (Å²) in [6.45, 7) is 1.85. The van der Waals surface area contributed by atoms with Gasteiger partial charge in [0, 0.05) is 18.7 Å². The molecule has 2 aromatic rings. The molecule has 2 N–H and O–H groups in total. The third kappa shape index (κ3) is 5.94. The van der Waals surface area contributed by atoms with Crippen LogP contribution in [0.25, 0.3) is 0 Å². The van der Waals surface area contributed by atoms with Crippen molar-refractivity contribution in [1.82, 2.24) is 9.78 Å². The lowest BCUT2D eigenvalue weighted by atomic mass is 10.1. The summed E-state index contributed by atoms with van der Waals surface area (Å²) in [4.78, 5) is 22.4. The second kappa shape index (κ2) is 8.12. The molecule has 0 unspecified atom stereocenters. The van der Waals surface area contributed by atoms with Gasteiger partial charge in [0.05, 0.1) is 0 Å². The van der Waals surface area contributed by atoms with Gasteiger partial charge in [-0.2, -0.15) is 5.10 Å². The highest BCUT2D eigenvalue weighted by Gasteiger charge is 2.06. The molecule has 0 aliphatic rings. The van der Waals surface area contributed by atoms with Crippen molar-refractivity contribution in [2.24, 2.45) is 0 Å². The van der Waals surface area contributed by atoms with E-state index in [4.69, 9.17) is 5.11 Å². The molecule has 2 rings (SSSR count). The van der Waals surface area contributed by atoms with Gasteiger partial charge in [-0.25, -0.2) is 0 Å². The van der Waals surface area contributed by atoms with Crippen molar-refractivity contribution in [3.8, 4) is 0 Å². The fourth-order valence-electron chi connectivity index (χ4n) is 2.23. The van der Waals surface area contributed by atoms with Gasteiger partial charge in [0.25, 0.3) is 0 Å². The Bertz CT molecular complexity index is 662. The number of aryl methyl sites for hydroxylation is 2. The number of hydrogen-bond donors (Lipinski definition) is 2. The zero-order valence-corrected chi connectivity index (χ0v) is 13.2. The Hall–Kier alpha value is -2.63. The van der Waals surface area contributed by atoms with E-state index in [-0.39, 0.29) is 12.5 Å². The van der Waals surface area contributed by atoms with E-state index in [0.29, 0.717) is 12.2 Å². The molecule has 0 atom stereocenters. The lowest BCUT2D eigenvalue weighted by molar-refractivity contribution is -0.137. The van der Waals surface area contributed by atoms with E-state index in [0.717, 1.165) is 19.3 Å². The zero-order valence-electron chi connectivity index (χ0n) is 13.2. The van der Waals surface area contributed by atoms with Crippen LogP contribution in [0, 0.1) is 6.92 Å². The highest BCUT2D eigenvalue weighted by molar-refractivity contribution is 5.89. The average molecular weight is 315 g/mol. The van der Waals surface area contributed by atoms with Crippen LogP contribution >= 0.6 is 0 Å². The van der Waals surface area contributed by atoms with Crippen LogP contribution in [-0.4, -0.2) is 26.8 Å². The Morgan fingerprint density at radius 3 is 2.61 bits per heavy atom. The van der Waals surface area contributed by atoms with Crippen molar-refractivity contribution in [1.29, 1.82) is 0 Å². The number of carbonyl (C=O) groups is 2. The van der Waals surface area contributed by atoms with Gasteiger partial charge >= 0.3 is 5.97 Å². The first-order chi connectivity index (χ1) is 11.0. The highest BCUT2D eigenvalue weighted by Crippen LogP contribution is 2.09. The minimum Gasteiger partial charge on any atom is -0.480 e. The number of unbranched alkanes of at least 4 members (excludes halogenated alkanes) is 1. The first kappa shape index (κ1) is 16.7. The summed E-state index contributed by atoms with van der Waals surface area (Å²) < 4.78 is 1.27. The van der Waals surface area contributed by atoms with Gasteiger partial charge in [-0.15, -0.1) is 0 Å². The Morgan fingerprint density at radius 2 is 1.91 bits per heavy atom. The molecule has 0 aliphatic carbocycles. The molecule has 0 bridgehead atoms. The molecule has 0 spiro atoms. The molecule has 0 saturated heterocycles. The maximum atomic E-state index is 11.8. The lowest BCUT2D eigenvalue weighted by Crippen LogP contribution is -2.13. The molecule has 0 fully saturated rings. The van der Waals surface area contributed by atoms with Gasteiger partial charge in [-0.05, 0) is 31.7 Å². The van der Waals surface area contributed by atoms with Crippen molar-refractivity contribution in [2.75, 3.05) is 5.32 Å². The van der Waals surface area contributed by atoms with Crippen LogP contribution in [0.3, 0.4) is 0 Å². The lowest BCUT2D eigenvalue weighted by Gasteiger charge is -2.03. The van der Waals surface area contributed by atoms with Crippen molar-refractivity contribution in [2.45, 2.75) is 39.2 Å². The fraction of sp³-hybridized carbons (Fsp3) is 0.353. The Kier molecular flexibility index (Phi) is 5.91. The molecular weight excluding hydrogens is 294 g/mol. The summed E-state index contributed by atoms with van der Waals surface area (Å²) in [5, 5.41) is 15.3. The fourth-order valence-corrected chi connectivity index (χ4v) is 2.23. The number of hydrogen-bond acceptors (Lipinski definition) is 3. The third-order valence-electron chi connectivity index (χ3n) is 3.45. The van der Waals surface area contributed by atoms with Gasteiger partial charge in [-0.1, -0.05) is 29.8 Å². The predicted molar refractivity (Wildman–Crippen MR) is 87.2 cm³/mol. The van der Waals surface area contributed by atoms with Crippen LogP contribution in [0.15, 0.2) is 36.5 Å². The summed E-state index contributed by atoms with van der Waals surface area (Å²) in [6, 6.07) is 10.0. The van der Waals surface area contributed by atoms with E-state index in [9.17, 15) is 9.59 Å². The number of benzene rings is 1. The largest absolute Gasteiger partial charge is 0.480 e. The number of nitrogens with one attached hydrogen (secondary N) is 1. The second-order valence-electron chi connectivity index (χ2n) is 5.53. The van der Waals surface area contributed by atoms with E-state index >= 15 is 0 Å². The monoisotopic (exact) mass is 315 g/mol. The zero-order chi connectivity index (χ0) is 16.7. The van der Waals surface area contributed by atoms with Gasteiger partial charge in [0.2, 0.25) is 5.91 Å². The molecule has 23 heavy (non-hydrogen) atoms. The number of aliphatic carboxylic acids is 1. The van der Waals surface area contributed by atoms with E-state index in [1.54, 1.807) is 6.07 Å². The van der Waals surface area contributed by atoms with Crippen molar-refractivity contribution >= 4 is 17.7 Å². The number of carboxylic acids is 1. The number of carbonyl (C=O) groups excluding carboxylic acids is 1. The van der Waals surface area contributed by atoms with Crippen LogP contribution in [0.2, 0.25) is 0 Å². The SMILES string of the molecule is Cc1ccc(CCCCC(=O)Nc2ccn(CC(=O)O)n2)cc1. The summed E-state index contributed by atoms with van der Waals surface area (Å²) in [5.41, 5.74) is 2.53. The Labute approximate surface area is 135 Å². The van der Waals surface area contributed by atoms with Gasteiger partial charge in [-0.3, -0.25) is 14.3 Å². The van der Waals surface area contributed by atoms with E-state index < -0.39 is 5.97 Å². The highest BCUT2D eigenvalue weighted by atomic mass is 16.4. The van der Waals surface area contributed by atoms with Crippen molar-refractivity contribution < 1.29 is 14.7 Å². The van der Waals surface area contributed by atoms with Gasteiger partial charge in [0.15, 0.2) is 5.82 Å². The number of carboxylic acid groups (broad SMARTS) is 1. The van der Waals surface area contributed by atoms with Gasteiger partial charge < -0.3 is 10.4 Å². The topological polar surface area (TPSA) is 84.2 Å². The summed E-state index contributed by atoms with van der Waals surface area (Å²) in [6.07, 6.45) is 4.67. The van der Waals surface area contributed by atoms with E-state index in [1.165, 1.54) is 22.0 Å². The standard InChI is InChI=1S/C17H21N3O3/c1-13-6-8-14(9-7-13)4-2-3-5-16(21)18-15-10-11-20(19-15)12-17(22)23/h6-11H,2-5,12H2,1H3,(H,22,23)(H,18,19,21). The minimum atomic E-state index is -0.970. The first-order valence-electron chi connectivity index (χ1n) is 7.63. The normalized spacial score (nSPS) is 10.5. The predicted octanol–water partition coefficient (Wildman–Crippen LogP) is 2.63. The van der Waals surface area contributed by atoms with Gasteiger partial charge in [0.1, 0.15) is 6.54 Å². The second-order valence-corrected chi connectivity index (χ2v) is 5.53. The quantitative estimate of drug-likeness (QED) is 0.733. The molecule has 0 radical (unpaired) electrons. The molecule has 1 aromatic heterocycles. The summed E-state index contributed by atoms with van der Waals surface area (Å²) in [7, 11) is 0. The smallest absolute Gasteiger partial charge is 0.325 e. The molecule has 1 amide bonds. The number of nitrogens with zero attached hydrogens (tertiary/aromatic N) is 2. The number of rotatable bonds is 8. The Morgan fingerprint density at radius 1 is 1.17 bits per heavy atom. The molecule has 6 heteroatoms. The Balaban J connectivity index is 1.67. The van der Waals surface area contributed by atoms with E-state index in [2.05, 4.69) is 41.6 Å². The maximum absolute atomic E-state index is 11.8. The van der Waals surface area contributed by atoms with Crippen LogP contribution in [0.1, 0.15) is 30.4 Å². The van der Waals surface area contributed by atoms with Crippen LogP contribution in [-0.2, 0) is 22.6 Å². The van der Waals surface area contributed by atoms with Crippen molar-refractivity contribution in [3.63, 3.8) is 0 Å². The molecule has 0 saturated carbocycles. The molecular formula is C17H21N3O3. The maximum Gasteiger partial charge on any atom is 0.325 e. The molecule has 122 valence electrons. The number of amides is 1. The minimum absolute atomic E-state index is 0.102. The van der Waals surface area contributed by atoms with Crippen LogP contribution in [0.5, 0.6) is 0 Å². The van der Waals surface area contributed by atoms with Crippen LogP contribution < -0.4 is 5.32 Å². The molecule has 6 nitrogen and oxygen atoms in total. The molecule has 1 aromatic carbocycles. The van der Waals surface area contributed by atoms with Crippen molar-refractivity contribution in [3.05, 3.63) is 47.7 Å². The average Bonchev–Trinajstić information content (AvgIpc) is 2.91. The summed E-state index contributed by atoms with van der Waals surface area (Å²) >= 11 is 0. The molecule has 0 aliphatic heterocycles. The number of aromatic nitrogens is 2. The first-order valence-corrected chi connectivity index (χ1v) is 7.63. The van der Waals surface area contributed by atoms with E-state index in [1.807, 2.05) is 0 Å². The third-order valence-corrected chi connectivity index (χ3v) is 3.45. The number of anilines is 1. The molecule has 1 heterocycles.